The van der Waals surface area contributed by atoms with Crippen LogP contribution in [-0.4, -0.2) is 10.2 Å². The minimum Gasteiger partial charge on any atom is -0.508 e. The Hall–Kier alpha value is -1.96. The molecule has 0 aliphatic heterocycles. The van der Waals surface area contributed by atoms with Crippen molar-refractivity contribution in [3.05, 3.63) is 59.6 Å². The van der Waals surface area contributed by atoms with Crippen molar-refractivity contribution < 1.29 is 15.7 Å². The standard InChI is InChI=1S/C15H16O2/c1-15(2,11-3-7-13(16)8-4-11)12-5-9-14(17)10-6-12/h3-10,16-17H,1-2H3/i3D,4D,7D,8D. The molecule has 0 spiro atoms. The summed E-state index contributed by atoms with van der Waals surface area (Å²) >= 11 is 0. The van der Waals surface area contributed by atoms with Crippen LogP contribution in [0.3, 0.4) is 0 Å². The van der Waals surface area contributed by atoms with Gasteiger partial charge in [0.15, 0.2) is 0 Å². The van der Waals surface area contributed by atoms with Crippen molar-refractivity contribution in [1.82, 2.24) is 0 Å². The molecule has 0 aromatic heterocycles. The van der Waals surface area contributed by atoms with Gasteiger partial charge in [0.2, 0.25) is 0 Å². The normalized spacial score (nSPS) is 14.7. The van der Waals surface area contributed by atoms with E-state index in [-0.39, 0.29) is 23.4 Å². The lowest BCUT2D eigenvalue weighted by Gasteiger charge is -2.26. The Kier molecular flexibility index (Phi) is 1.79. The van der Waals surface area contributed by atoms with Crippen LogP contribution in [0.2, 0.25) is 0 Å². The molecule has 0 fully saturated rings. The van der Waals surface area contributed by atoms with Crippen LogP contribution in [0.5, 0.6) is 11.5 Å². The molecule has 2 aromatic carbocycles. The number of hydrogen-bond acceptors (Lipinski definition) is 2. The van der Waals surface area contributed by atoms with Crippen LogP contribution in [0.25, 0.3) is 0 Å². The molecule has 2 N–H and O–H groups in total. The van der Waals surface area contributed by atoms with E-state index in [2.05, 4.69) is 0 Å². The molecule has 2 rings (SSSR count). The van der Waals surface area contributed by atoms with Gasteiger partial charge in [-0.1, -0.05) is 38.1 Å². The monoisotopic (exact) mass is 232 g/mol. The van der Waals surface area contributed by atoms with E-state index < -0.39 is 23.2 Å². The predicted octanol–water partition coefficient (Wildman–Crippen LogP) is 3.42. The molecule has 0 amide bonds. The summed E-state index contributed by atoms with van der Waals surface area (Å²) in [7, 11) is 0. The van der Waals surface area contributed by atoms with Crippen LogP contribution < -0.4 is 0 Å². The minimum absolute atomic E-state index is 0.111. The van der Waals surface area contributed by atoms with Gasteiger partial charge >= 0.3 is 0 Å². The Morgan fingerprint density at radius 2 is 1.35 bits per heavy atom. The second kappa shape index (κ2) is 4.13. The molecule has 2 nitrogen and oxygen atoms in total. The fourth-order valence-corrected chi connectivity index (χ4v) is 1.64. The molecule has 2 aromatic rings. The molecule has 0 heterocycles. The first kappa shape index (κ1) is 7.38. The van der Waals surface area contributed by atoms with E-state index in [0.717, 1.165) is 5.56 Å². The SMILES string of the molecule is [2H]c1c([2H])c(C(C)(C)c2ccc(O)cc2)c([2H])c([2H])c1O. The highest BCUT2D eigenvalue weighted by atomic mass is 16.3. The maximum atomic E-state index is 9.62. The molecule has 0 radical (unpaired) electrons. The van der Waals surface area contributed by atoms with Gasteiger partial charge in [-0.25, -0.2) is 0 Å². The lowest BCUT2D eigenvalue weighted by atomic mass is 9.78. The molecule has 17 heavy (non-hydrogen) atoms. The number of benzene rings is 2. The highest BCUT2D eigenvalue weighted by Crippen LogP contribution is 2.32. The Balaban J connectivity index is 2.73. The lowest BCUT2D eigenvalue weighted by molar-refractivity contribution is 0.474. The summed E-state index contributed by atoms with van der Waals surface area (Å²) < 4.78 is 31.5. The third kappa shape index (κ3) is 2.26. The van der Waals surface area contributed by atoms with Gasteiger partial charge in [0.05, 0.1) is 5.48 Å². The summed E-state index contributed by atoms with van der Waals surface area (Å²) in [6, 6.07) is 4.96. The van der Waals surface area contributed by atoms with E-state index in [1.165, 1.54) is 12.1 Å². The van der Waals surface area contributed by atoms with Crippen molar-refractivity contribution in [3.63, 3.8) is 0 Å². The molecule has 0 atom stereocenters. The van der Waals surface area contributed by atoms with Gasteiger partial charge in [0.1, 0.15) is 11.5 Å². The quantitative estimate of drug-likeness (QED) is 0.832. The van der Waals surface area contributed by atoms with E-state index in [9.17, 15) is 10.2 Å². The van der Waals surface area contributed by atoms with Crippen LogP contribution in [0.4, 0.5) is 0 Å². The maximum Gasteiger partial charge on any atom is 0.115 e. The third-order valence-electron chi connectivity index (χ3n) is 2.83. The summed E-state index contributed by atoms with van der Waals surface area (Å²) in [6.07, 6.45) is 0. The zero-order chi connectivity index (χ0) is 15.9. The van der Waals surface area contributed by atoms with Crippen LogP contribution in [0.15, 0.2) is 48.4 Å². The smallest absolute Gasteiger partial charge is 0.115 e. The predicted molar refractivity (Wildman–Crippen MR) is 68.3 cm³/mol. The first-order valence-corrected chi connectivity index (χ1v) is 5.27. The number of aromatic hydroxyl groups is 2. The zero-order valence-electron chi connectivity index (χ0n) is 13.7. The Bertz CT molecular complexity index is 665. The topological polar surface area (TPSA) is 40.5 Å². The van der Waals surface area contributed by atoms with E-state index in [1.54, 1.807) is 26.0 Å². The van der Waals surface area contributed by atoms with E-state index in [0.29, 0.717) is 0 Å². The highest BCUT2D eigenvalue weighted by Gasteiger charge is 2.22. The molecule has 0 saturated carbocycles. The Morgan fingerprint density at radius 3 is 1.88 bits per heavy atom. The molecule has 0 saturated heterocycles. The number of phenolic OH excluding ortho intramolecular Hbond substituents is 2. The first-order chi connectivity index (χ1) is 9.67. The number of phenols is 2. The van der Waals surface area contributed by atoms with Gasteiger partial charge < -0.3 is 10.2 Å². The van der Waals surface area contributed by atoms with Crippen LogP contribution >= 0.6 is 0 Å². The van der Waals surface area contributed by atoms with Gasteiger partial charge in [-0.2, -0.15) is 0 Å². The van der Waals surface area contributed by atoms with Gasteiger partial charge in [0.25, 0.3) is 0 Å². The van der Waals surface area contributed by atoms with Gasteiger partial charge in [-0.05, 0) is 35.3 Å². The van der Waals surface area contributed by atoms with Crippen LogP contribution in [0, 0.1) is 0 Å². The van der Waals surface area contributed by atoms with Crippen molar-refractivity contribution >= 4 is 0 Å². The zero-order valence-corrected chi connectivity index (χ0v) is 9.70. The first-order valence-electron chi connectivity index (χ1n) is 7.27. The van der Waals surface area contributed by atoms with Crippen molar-refractivity contribution in [2.75, 3.05) is 0 Å². The van der Waals surface area contributed by atoms with Crippen molar-refractivity contribution in [1.29, 1.82) is 0 Å². The number of hydrogen-bond donors (Lipinski definition) is 2. The molecule has 0 unspecified atom stereocenters. The van der Waals surface area contributed by atoms with Crippen LogP contribution in [0.1, 0.15) is 30.5 Å². The van der Waals surface area contributed by atoms with Crippen molar-refractivity contribution in [2.45, 2.75) is 19.3 Å². The maximum absolute atomic E-state index is 9.62. The summed E-state index contributed by atoms with van der Waals surface area (Å²) in [6.45, 7) is 3.56. The third-order valence-corrected chi connectivity index (χ3v) is 2.83. The summed E-state index contributed by atoms with van der Waals surface area (Å²) in [5.41, 5.74) is 0.147. The van der Waals surface area contributed by atoms with E-state index in [4.69, 9.17) is 5.48 Å². The molecular formula is C15H16O2. The molecule has 0 aliphatic carbocycles. The van der Waals surface area contributed by atoms with E-state index >= 15 is 0 Å². The van der Waals surface area contributed by atoms with Gasteiger partial charge in [0, 0.05) is 5.41 Å². The summed E-state index contributed by atoms with van der Waals surface area (Å²) in [5, 5.41) is 19.0. The summed E-state index contributed by atoms with van der Waals surface area (Å²) in [5.74, 6) is -0.532. The average Bonchev–Trinajstić information content (AvgIpc) is 2.43. The van der Waals surface area contributed by atoms with Gasteiger partial charge in [-0.15, -0.1) is 0 Å². The molecule has 2 heteroatoms. The van der Waals surface area contributed by atoms with Gasteiger partial charge in [-0.3, -0.25) is 0 Å². The second-order valence-corrected chi connectivity index (χ2v) is 4.40. The fourth-order valence-electron chi connectivity index (χ4n) is 1.64. The summed E-state index contributed by atoms with van der Waals surface area (Å²) in [4.78, 5) is 0. The molecule has 0 aliphatic rings. The van der Waals surface area contributed by atoms with E-state index in [1.807, 2.05) is 0 Å². The second-order valence-electron chi connectivity index (χ2n) is 4.40. The minimum atomic E-state index is -0.804. The molecular weight excluding hydrogens is 212 g/mol. The Morgan fingerprint density at radius 1 is 0.824 bits per heavy atom. The van der Waals surface area contributed by atoms with Crippen molar-refractivity contribution in [3.8, 4) is 11.5 Å². The average molecular weight is 232 g/mol. The highest BCUT2D eigenvalue weighted by molar-refractivity contribution is 5.41. The molecule has 88 valence electrons. The fraction of sp³-hybridized carbons (Fsp3) is 0.200. The lowest BCUT2D eigenvalue weighted by Crippen LogP contribution is -2.18. The number of rotatable bonds is 2. The largest absolute Gasteiger partial charge is 0.508 e. The Labute approximate surface area is 107 Å². The molecule has 0 bridgehead atoms. The van der Waals surface area contributed by atoms with Crippen LogP contribution in [-0.2, 0) is 5.41 Å². The van der Waals surface area contributed by atoms with Crippen molar-refractivity contribution in [2.24, 2.45) is 0 Å².